The Morgan fingerprint density at radius 1 is 1.35 bits per heavy atom. The van der Waals surface area contributed by atoms with Gasteiger partial charge in [-0.15, -0.1) is 0 Å². The lowest BCUT2D eigenvalue weighted by molar-refractivity contribution is 0.0730. The van der Waals surface area contributed by atoms with Crippen molar-refractivity contribution in [2.24, 2.45) is 0 Å². The van der Waals surface area contributed by atoms with Crippen molar-refractivity contribution in [2.75, 3.05) is 26.4 Å². The average Bonchev–Trinajstić information content (AvgIpc) is 2.64. The van der Waals surface area contributed by atoms with Crippen LogP contribution in [0.3, 0.4) is 0 Å². The van der Waals surface area contributed by atoms with E-state index in [9.17, 15) is 9.59 Å². The molecule has 1 aromatic carbocycles. The van der Waals surface area contributed by atoms with Crippen molar-refractivity contribution < 1.29 is 14.3 Å². The number of aryl methyl sites for hydroxylation is 1. The minimum atomic E-state index is -0.107. The molecule has 1 aliphatic heterocycles. The zero-order valence-electron chi connectivity index (χ0n) is 15.1. The molecule has 1 aliphatic rings. The monoisotopic (exact) mass is 357 g/mol. The number of nitrogens with one attached hydrogen (secondary N) is 1. The van der Waals surface area contributed by atoms with E-state index < -0.39 is 0 Å². The van der Waals surface area contributed by atoms with Crippen molar-refractivity contribution in [3.05, 3.63) is 57.3 Å². The summed E-state index contributed by atoms with van der Waals surface area (Å²) >= 11 is 0. The van der Waals surface area contributed by atoms with Gasteiger partial charge in [0.1, 0.15) is 18.2 Å². The van der Waals surface area contributed by atoms with E-state index in [1.807, 2.05) is 13.0 Å². The number of hydrogen-bond donors (Lipinski definition) is 1. The van der Waals surface area contributed by atoms with Crippen LogP contribution >= 0.6 is 0 Å². The largest absolute Gasteiger partial charge is 0.491 e. The van der Waals surface area contributed by atoms with Crippen molar-refractivity contribution in [3.63, 3.8) is 0 Å². The second kappa shape index (κ2) is 8.14. The number of carbonyl (C=O) groups is 1. The Bertz CT molecular complexity index is 847. The van der Waals surface area contributed by atoms with Crippen LogP contribution in [0.1, 0.15) is 34.4 Å². The number of benzene rings is 1. The second-order valence-corrected chi connectivity index (χ2v) is 6.13. The molecule has 0 aliphatic carbocycles. The molecule has 138 valence electrons. The Labute approximate surface area is 152 Å². The number of ether oxygens (including phenoxy) is 2. The number of H-pyrrole nitrogens is 1. The topological polar surface area (TPSA) is 84.5 Å². The van der Waals surface area contributed by atoms with Gasteiger partial charge in [0.05, 0.1) is 18.8 Å². The standard InChI is InChI=1S/C19H23N3O4/c1-3-25-9-10-26-15-6-4-5-14(11-15)19(24)22-8-7-16-17(12-22)20-13(2)21-18(16)23/h4-6,11H,3,7-10,12H2,1-2H3,(H,20,21,23). The molecule has 1 amide bonds. The van der Waals surface area contributed by atoms with E-state index in [0.717, 1.165) is 0 Å². The van der Waals surface area contributed by atoms with Gasteiger partial charge in [0.25, 0.3) is 11.5 Å². The smallest absolute Gasteiger partial charge is 0.254 e. The predicted molar refractivity (Wildman–Crippen MR) is 96.5 cm³/mol. The first-order chi connectivity index (χ1) is 12.6. The molecule has 0 radical (unpaired) electrons. The van der Waals surface area contributed by atoms with Gasteiger partial charge in [-0.05, 0) is 38.5 Å². The van der Waals surface area contributed by atoms with Crippen LogP contribution in [0, 0.1) is 6.92 Å². The fraction of sp³-hybridized carbons (Fsp3) is 0.421. The molecule has 2 heterocycles. The molecule has 7 heteroatoms. The third kappa shape index (κ3) is 4.11. The molecule has 0 bridgehead atoms. The Kier molecular flexibility index (Phi) is 5.68. The lowest BCUT2D eigenvalue weighted by Crippen LogP contribution is -2.39. The van der Waals surface area contributed by atoms with E-state index >= 15 is 0 Å². The summed E-state index contributed by atoms with van der Waals surface area (Å²) in [6, 6.07) is 7.12. The van der Waals surface area contributed by atoms with Gasteiger partial charge in [0.2, 0.25) is 0 Å². The van der Waals surface area contributed by atoms with Gasteiger partial charge in [-0.3, -0.25) is 9.59 Å². The van der Waals surface area contributed by atoms with Crippen molar-refractivity contribution >= 4 is 5.91 Å². The third-order valence-corrected chi connectivity index (χ3v) is 4.26. The highest BCUT2D eigenvalue weighted by atomic mass is 16.5. The number of aromatic amines is 1. The van der Waals surface area contributed by atoms with E-state index in [1.54, 1.807) is 30.0 Å². The summed E-state index contributed by atoms with van der Waals surface area (Å²) in [5.74, 6) is 1.11. The minimum Gasteiger partial charge on any atom is -0.491 e. The van der Waals surface area contributed by atoms with E-state index in [4.69, 9.17) is 9.47 Å². The maximum Gasteiger partial charge on any atom is 0.254 e. The van der Waals surface area contributed by atoms with Gasteiger partial charge in [-0.25, -0.2) is 4.98 Å². The average molecular weight is 357 g/mol. The van der Waals surface area contributed by atoms with Gasteiger partial charge in [-0.2, -0.15) is 0 Å². The van der Waals surface area contributed by atoms with Crippen molar-refractivity contribution in [1.82, 2.24) is 14.9 Å². The van der Waals surface area contributed by atoms with Crippen LogP contribution in [-0.2, 0) is 17.7 Å². The Hall–Kier alpha value is -2.67. The highest BCUT2D eigenvalue weighted by Crippen LogP contribution is 2.19. The van der Waals surface area contributed by atoms with Crippen LogP contribution in [0.25, 0.3) is 0 Å². The number of hydrogen-bond acceptors (Lipinski definition) is 5. The van der Waals surface area contributed by atoms with Gasteiger partial charge in [0, 0.05) is 24.3 Å². The Balaban J connectivity index is 1.70. The van der Waals surface area contributed by atoms with Crippen LogP contribution in [0.4, 0.5) is 0 Å². The molecule has 0 saturated heterocycles. The summed E-state index contributed by atoms with van der Waals surface area (Å²) in [5, 5.41) is 0. The molecular weight excluding hydrogens is 334 g/mol. The summed E-state index contributed by atoms with van der Waals surface area (Å²) in [6.45, 7) is 6.11. The molecule has 3 rings (SSSR count). The number of fused-ring (bicyclic) bond motifs is 1. The molecule has 1 aromatic heterocycles. The zero-order chi connectivity index (χ0) is 18.5. The number of aromatic nitrogens is 2. The first-order valence-corrected chi connectivity index (χ1v) is 8.77. The minimum absolute atomic E-state index is 0.0920. The highest BCUT2D eigenvalue weighted by Gasteiger charge is 2.25. The third-order valence-electron chi connectivity index (χ3n) is 4.26. The lowest BCUT2D eigenvalue weighted by atomic mass is 10.1. The first kappa shape index (κ1) is 18.1. The highest BCUT2D eigenvalue weighted by molar-refractivity contribution is 5.94. The number of carbonyl (C=O) groups excluding carboxylic acids is 1. The van der Waals surface area contributed by atoms with E-state index in [0.29, 0.717) is 67.7 Å². The zero-order valence-corrected chi connectivity index (χ0v) is 15.1. The molecule has 0 atom stereocenters. The normalized spacial score (nSPS) is 13.4. The molecule has 0 unspecified atom stereocenters. The molecule has 0 spiro atoms. The molecular formula is C19H23N3O4. The van der Waals surface area contributed by atoms with Crippen molar-refractivity contribution in [2.45, 2.75) is 26.8 Å². The molecule has 7 nitrogen and oxygen atoms in total. The summed E-state index contributed by atoms with van der Waals surface area (Å²) in [7, 11) is 0. The Morgan fingerprint density at radius 2 is 2.19 bits per heavy atom. The van der Waals surface area contributed by atoms with Gasteiger partial charge < -0.3 is 19.4 Å². The van der Waals surface area contributed by atoms with Crippen LogP contribution in [0.5, 0.6) is 5.75 Å². The molecule has 0 saturated carbocycles. The van der Waals surface area contributed by atoms with Gasteiger partial charge in [0.15, 0.2) is 0 Å². The maximum absolute atomic E-state index is 12.8. The second-order valence-electron chi connectivity index (χ2n) is 6.13. The summed E-state index contributed by atoms with van der Waals surface area (Å²) in [6.07, 6.45) is 0.508. The fourth-order valence-corrected chi connectivity index (χ4v) is 3.00. The summed E-state index contributed by atoms with van der Waals surface area (Å²) in [5.41, 5.74) is 1.80. The Morgan fingerprint density at radius 3 is 3.00 bits per heavy atom. The van der Waals surface area contributed by atoms with E-state index in [1.165, 1.54) is 0 Å². The van der Waals surface area contributed by atoms with Crippen molar-refractivity contribution in [3.8, 4) is 5.75 Å². The number of rotatable bonds is 6. The van der Waals surface area contributed by atoms with Crippen molar-refractivity contribution in [1.29, 1.82) is 0 Å². The van der Waals surface area contributed by atoms with Crippen LogP contribution in [-0.4, -0.2) is 47.1 Å². The SMILES string of the molecule is CCOCCOc1cccc(C(=O)N2CCc3c(nc(C)[nH]c3=O)C2)c1. The first-order valence-electron chi connectivity index (χ1n) is 8.77. The fourth-order valence-electron chi connectivity index (χ4n) is 3.00. The van der Waals surface area contributed by atoms with Crippen LogP contribution in [0.2, 0.25) is 0 Å². The molecule has 0 fully saturated rings. The molecule has 26 heavy (non-hydrogen) atoms. The van der Waals surface area contributed by atoms with Crippen LogP contribution in [0.15, 0.2) is 29.1 Å². The number of amides is 1. The number of nitrogens with zero attached hydrogens (tertiary/aromatic N) is 2. The summed E-state index contributed by atoms with van der Waals surface area (Å²) < 4.78 is 10.9. The molecule has 1 N–H and O–H groups in total. The predicted octanol–water partition coefficient (Wildman–Crippen LogP) is 1.69. The quantitative estimate of drug-likeness (QED) is 0.796. The maximum atomic E-state index is 12.8. The van der Waals surface area contributed by atoms with E-state index in [2.05, 4.69) is 9.97 Å². The van der Waals surface area contributed by atoms with E-state index in [-0.39, 0.29) is 11.5 Å². The molecule has 2 aromatic rings. The van der Waals surface area contributed by atoms with Crippen LogP contribution < -0.4 is 10.3 Å². The summed E-state index contributed by atoms with van der Waals surface area (Å²) in [4.78, 5) is 33.7. The lowest BCUT2D eigenvalue weighted by Gasteiger charge is -2.28. The van der Waals surface area contributed by atoms with Gasteiger partial charge >= 0.3 is 0 Å². The van der Waals surface area contributed by atoms with Gasteiger partial charge in [-0.1, -0.05) is 6.07 Å².